The molecule has 3 aliphatic heterocycles. The van der Waals surface area contributed by atoms with Gasteiger partial charge in [0.05, 0.1) is 0 Å². The topological polar surface area (TPSA) is 39.3 Å². The van der Waals surface area contributed by atoms with Crippen molar-refractivity contribution in [1.82, 2.24) is 20.9 Å². The van der Waals surface area contributed by atoms with Crippen LogP contribution in [0, 0.1) is 17.8 Å². The zero-order valence-electron chi connectivity index (χ0n) is 14.1. The maximum atomic E-state index is 3.88. The summed E-state index contributed by atoms with van der Waals surface area (Å²) in [5, 5.41) is 11.5. The molecule has 9 unspecified atom stereocenters. The Hall–Kier alpha value is -0.160. The smallest absolute Gasteiger partial charge is 0.0256 e. The first-order valence-corrected chi connectivity index (χ1v) is 9.66. The Morgan fingerprint density at radius 1 is 1.05 bits per heavy atom. The second-order valence-electron chi connectivity index (χ2n) is 8.88. The number of fused-ring (bicyclic) bond motifs is 6. The predicted octanol–water partition coefficient (Wildman–Crippen LogP) is 0.786. The van der Waals surface area contributed by atoms with E-state index in [-0.39, 0.29) is 0 Å². The van der Waals surface area contributed by atoms with Crippen LogP contribution in [0.4, 0.5) is 0 Å². The molecule has 3 saturated heterocycles. The molecule has 0 aromatic carbocycles. The van der Waals surface area contributed by atoms with Gasteiger partial charge in [0.1, 0.15) is 0 Å². The molecule has 124 valence electrons. The van der Waals surface area contributed by atoms with Crippen molar-refractivity contribution in [3.63, 3.8) is 0 Å². The quantitative estimate of drug-likeness (QED) is 0.702. The maximum absolute atomic E-state index is 3.88. The number of hydrogen-bond donors (Lipinski definition) is 3. The van der Waals surface area contributed by atoms with Crippen LogP contribution in [0.25, 0.3) is 0 Å². The average Bonchev–Trinajstić information content (AvgIpc) is 3.13. The Kier molecular flexibility index (Phi) is 3.34. The highest BCUT2D eigenvalue weighted by Crippen LogP contribution is 2.51. The lowest BCUT2D eigenvalue weighted by atomic mass is 9.84. The lowest BCUT2D eigenvalue weighted by Crippen LogP contribution is -2.63. The minimum Gasteiger partial charge on any atom is -0.311 e. The van der Waals surface area contributed by atoms with Gasteiger partial charge in [0.25, 0.3) is 0 Å². The molecular formula is C18H32N4. The number of piperidine rings is 1. The van der Waals surface area contributed by atoms with Crippen molar-refractivity contribution in [2.45, 2.75) is 75.3 Å². The first kappa shape index (κ1) is 14.2. The van der Waals surface area contributed by atoms with Gasteiger partial charge in [-0.25, -0.2) is 0 Å². The molecule has 4 nitrogen and oxygen atoms in total. The number of hydrogen-bond acceptors (Lipinski definition) is 4. The molecule has 0 spiro atoms. The summed E-state index contributed by atoms with van der Waals surface area (Å²) in [5.74, 6) is 2.98. The summed E-state index contributed by atoms with van der Waals surface area (Å²) in [4.78, 5) is 2.61. The third-order valence-corrected chi connectivity index (χ3v) is 7.66. The van der Waals surface area contributed by atoms with Gasteiger partial charge in [0, 0.05) is 49.3 Å². The third-order valence-electron chi connectivity index (χ3n) is 7.66. The van der Waals surface area contributed by atoms with Crippen LogP contribution in [0.2, 0.25) is 0 Å². The molecule has 3 heterocycles. The zero-order valence-corrected chi connectivity index (χ0v) is 14.1. The van der Waals surface area contributed by atoms with Gasteiger partial charge in [-0.15, -0.1) is 0 Å². The lowest BCUT2D eigenvalue weighted by Gasteiger charge is -2.45. The van der Waals surface area contributed by atoms with Gasteiger partial charge in [-0.2, -0.15) is 0 Å². The van der Waals surface area contributed by atoms with Crippen LogP contribution < -0.4 is 16.0 Å². The largest absolute Gasteiger partial charge is 0.311 e. The number of nitrogens with zero attached hydrogens (tertiary/aromatic N) is 1. The van der Waals surface area contributed by atoms with Crippen LogP contribution in [0.15, 0.2) is 0 Å². The highest BCUT2D eigenvalue weighted by atomic mass is 15.2. The summed E-state index contributed by atoms with van der Waals surface area (Å²) in [6.45, 7) is 4.87. The summed E-state index contributed by atoms with van der Waals surface area (Å²) in [5.41, 5.74) is 0. The van der Waals surface area contributed by atoms with Crippen LogP contribution in [-0.4, -0.2) is 61.3 Å². The average molecular weight is 304 g/mol. The van der Waals surface area contributed by atoms with E-state index in [0.29, 0.717) is 12.1 Å². The highest BCUT2D eigenvalue weighted by molar-refractivity contribution is 5.15. The van der Waals surface area contributed by atoms with Gasteiger partial charge in [-0.1, -0.05) is 6.42 Å². The first-order chi connectivity index (χ1) is 10.7. The fraction of sp³-hybridized carbons (Fsp3) is 1.00. The molecule has 2 aliphatic carbocycles. The molecular weight excluding hydrogens is 272 g/mol. The molecule has 2 bridgehead atoms. The minimum atomic E-state index is 0.677. The monoisotopic (exact) mass is 304 g/mol. The molecule has 5 aliphatic rings. The van der Waals surface area contributed by atoms with Gasteiger partial charge in [0.2, 0.25) is 0 Å². The molecule has 2 saturated carbocycles. The Bertz CT molecular complexity index is 441. The number of rotatable bonds is 5. The fourth-order valence-electron chi connectivity index (χ4n) is 6.05. The summed E-state index contributed by atoms with van der Waals surface area (Å²) >= 11 is 0. The second kappa shape index (κ2) is 5.17. The van der Waals surface area contributed by atoms with Crippen molar-refractivity contribution < 1.29 is 0 Å². The molecule has 0 aromatic heterocycles. The van der Waals surface area contributed by atoms with Crippen molar-refractivity contribution >= 4 is 0 Å². The van der Waals surface area contributed by atoms with Gasteiger partial charge >= 0.3 is 0 Å². The summed E-state index contributed by atoms with van der Waals surface area (Å²) < 4.78 is 0. The Morgan fingerprint density at radius 3 is 2.82 bits per heavy atom. The van der Waals surface area contributed by atoms with E-state index in [2.05, 4.69) is 34.8 Å². The third kappa shape index (κ3) is 2.18. The van der Waals surface area contributed by atoms with Crippen LogP contribution >= 0.6 is 0 Å². The van der Waals surface area contributed by atoms with E-state index in [1.54, 1.807) is 0 Å². The Balaban J connectivity index is 1.14. The normalized spacial score (nSPS) is 53.0. The summed E-state index contributed by atoms with van der Waals surface area (Å²) in [6.07, 6.45) is 7.13. The first-order valence-electron chi connectivity index (χ1n) is 9.66. The minimum absolute atomic E-state index is 0.677. The van der Waals surface area contributed by atoms with Gasteiger partial charge in [-0.05, 0) is 57.4 Å². The van der Waals surface area contributed by atoms with E-state index >= 15 is 0 Å². The van der Waals surface area contributed by atoms with Crippen molar-refractivity contribution in [3.05, 3.63) is 0 Å². The van der Waals surface area contributed by atoms with Gasteiger partial charge in [0.15, 0.2) is 0 Å². The molecule has 5 rings (SSSR count). The molecule has 5 fully saturated rings. The maximum Gasteiger partial charge on any atom is 0.0256 e. The molecule has 22 heavy (non-hydrogen) atoms. The number of nitrogens with one attached hydrogen (secondary N) is 3. The van der Waals surface area contributed by atoms with E-state index in [9.17, 15) is 0 Å². The molecule has 0 aromatic rings. The molecule has 3 N–H and O–H groups in total. The fourth-order valence-corrected chi connectivity index (χ4v) is 6.05. The van der Waals surface area contributed by atoms with Crippen LogP contribution in [-0.2, 0) is 0 Å². The lowest BCUT2D eigenvalue weighted by molar-refractivity contribution is 0.104. The Morgan fingerprint density at radius 2 is 1.95 bits per heavy atom. The van der Waals surface area contributed by atoms with E-state index in [1.807, 2.05) is 0 Å². The van der Waals surface area contributed by atoms with Crippen molar-refractivity contribution in [2.24, 2.45) is 17.8 Å². The van der Waals surface area contributed by atoms with E-state index in [4.69, 9.17) is 0 Å². The number of piperazine rings is 1. The second-order valence-corrected chi connectivity index (χ2v) is 8.88. The van der Waals surface area contributed by atoms with E-state index in [0.717, 1.165) is 41.9 Å². The van der Waals surface area contributed by atoms with Crippen molar-refractivity contribution in [2.75, 3.05) is 20.1 Å². The van der Waals surface area contributed by atoms with Gasteiger partial charge < -0.3 is 20.9 Å². The van der Waals surface area contributed by atoms with Crippen LogP contribution in [0.1, 0.15) is 39.0 Å². The highest BCUT2D eigenvalue weighted by Gasteiger charge is 2.58. The predicted molar refractivity (Wildman–Crippen MR) is 88.9 cm³/mol. The van der Waals surface area contributed by atoms with Crippen molar-refractivity contribution in [1.29, 1.82) is 0 Å². The molecule has 9 atom stereocenters. The Labute approximate surface area is 134 Å². The molecule has 4 heteroatoms. The van der Waals surface area contributed by atoms with Gasteiger partial charge in [-0.3, -0.25) is 0 Å². The molecule has 0 amide bonds. The summed E-state index contributed by atoms with van der Waals surface area (Å²) in [6, 6.07) is 4.55. The summed E-state index contributed by atoms with van der Waals surface area (Å²) in [7, 11) is 2.34. The SMILES string of the molecule is CC(CC1NCC2NC1C1CC21)N(C)CC1NC2CCCC21. The standard InChI is InChI=1S/C18H32N4/c1-10(22(2)9-17-11-4-3-5-14(11)20-17)6-15-18-13-7-12(13)16(21-18)8-19-15/h10-21H,3-9H2,1-2H3. The number of likely N-dealkylation sites (N-methyl/N-ethyl adjacent to an activating group) is 1. The molecule has 0 radical (unpaired) electrons. The van der Waals surface area contributed by atoms with E-state index < -0.39 is 0 Å². The van der Waals surface area contributed by atoms with E-state index in [1.165, 1.54) is 45.2 Å². The zero-order chi connectivity index (χ0) is 14.8. The van der Waals surface area contributed by atoms with Crippen LogP contribution in [0.3, 0.4) is 0 Å². The van der Waals surface area contributed by atoms with Crippen LogP contribution in [0.5, 0.6) is 0 Å². The van der Waals surface area contributed by atoms with Crippen molar-refractivity contribution in [3.8, 4) is 0 Å².